The number of hydrogen-bond acceptors (Lipinski definition) is 3. The summed E-state index contributed by atoms with van der Waals surface area (Å²) >= 11 is 0. The van der Waals surface area contributed by atoms with Crippen LogP contribution in [0.1, 0.15) is 50.2 Å². The summed E-state index contributed by atoms with van der Waals surface area (Å²) in [5.74, 6) is 0.758. The van der Waals surface area contributed by atoms with Gasteiger partial charge in [0.05, 0.1) is 4.90 Å². The first-order valence-electron chi connectivity index (χ1n) is 7.78. The Morgan fingerprint density at radius 1 is 1.24 bits per heavy atom. The fourth-order valence-electron chi connectivity index (χ4n) is 3.01. The number of aryl methyl sites for hydroxylation is 1. The molecule has 0 radical (unpaired) electrons. The lowest BCUT2D eigenvalue weighted by Crippen LogP contribution is -2.37. The third-order valence-electron chi connectivity index (χ3n) is 4.60. The van der Waals surface area contributed by atoms with Gasteiger partial charge in [-0.15, -0.1) is 0 Å². The lowest BCUT2D eigenvalue weighted by Gasteiger charge is -2.28. The third-order valence-corrected chi connectivity index (χ3v) is 6.11. The lowest BCUT2D eigenvalue weighted by atomic mass is 9.85. The first-order valence-corrected chi connectivity index (χ1v) is 9.26. The molecule has 0 amide bonds. The molecular formula is C16H26N2O2S. The van der Waals surface area contributed by atoms with Crippen LogP contribution < -0.4 is 10.5 Å². The molecule has 1 saturated carbocycles. The first-order chi connectivity index (χ1) is 9.96. The van der Waals surface area contributed by atoms with Crippen molar-refractivity contribution in [2.45, 2.75) is 63.4 Å². The second-order valence-electron chi connectivity index (χ2n) is 6.04. The average Bonchev–Trinajstić information content (AvgIpc) is 2.48. The summed E-state index contributed by atoms with van der Waals surface area (Å²) in [6.07, 6.45) is 5.30. The van der Waals surface area contributed by atoms with E-state index < -0.39 is 10.0 Å². The second-order valence-corrected chi connectivity index (χ2v) is 7.75. The van der Waals surface area contributed by atoms with Crippen molar-refractivity contribution in [1.29, 1.82) is 0 Å². The Bertz CT molecular complexity index is 576. The number of hydrogen-bond donors (Lipinski definition) is 2. The molecule has 2 rings (SSSR count). The highest BCUT2D eigenvalue weighted by Gasteiger charge is 2.25. The van der Waals surface area contributed by atoms with Crippen LogP contribution in [0.3, 0.4) is 0 Å². The Labute approximate surface area is 128 Å². The number of nitrogens with two attached hydrogens (primary N) is 1. The molecule has 0 bridgehead atoms. The minimum Gasteiger partial charge on any atom is -0.326 e. The Morgan fingerprint density at radius 2 is 1.90 bits per heavy atom. The van der Waals surface area contributed by atoms with E-state index in [1.54, 1.807) is 12.1 Å². The largest absolute Gasteiger partial charge is 0.326 e. The van der Waals surface area contributed by atoms with E-state index in [-0.39, 0.29) is 6.04 Å². The molecule has 1 aliphatic carbocycles. The van der Waals surface area contributed by atoms with Gasteiger partial charge < -0.3 is 5.73 Å². The summed E-state index contributed by atoms with van der Waals surface area (Å²) in [4.78, 5) is 0.325. The van der Waals surface area contributed by atoms with Gasteiger partial charge in [-0.05, 0) is 61.8 Å². The molecule has 0 heterocycles. The Hall–Kier alpha value is -0.910. The molecule has 3 N–H and O–H groups in total. The molecule has 0 unspecified atom stereocenters. The van der Waals surface area contributed by atoms with Crippen molar-refractivity contribution in [3.05, 3.63) is 29.3 Å². The van der Waals surface area contributed by atoms with Crippen LogP contribution in [0.25, 0.3) is 0 Å². The van der Waals surface area contributed by atoms with Crippen LogP contribution in [0.2, 0.25) is 0 Å². The van der Waals surface area contributed by atoms with Crippen molar-refractivity contribution in [2.24, 2.45) is 11.7 Å². The third kappa shape index (κ3) is 4.05. The quantitative estimate of drug-likeness (QED) is 0.878. The fraction of sp³-hybridized carbons (Fsp3) is 0.625. The van der Waals surface area contributed by atoms with E-state index in [9.17, 15) is 8.42 Å². The van der Waals surface area contributed by atoms with Gasteiger partial charge >= 0.3 is 0 Å². The average molecular weight is 310 g/mol. The van der Waals surface area contributed by atoms with Crippen molar-refractivity contribution >= 4 is 10.0 Å². The van der Waals surface area contributed by atoms with Gasteiger partial charge in [0.15, 0.2) is 0 Å². The van der Waals surface area contributed by atoms with Gasteiger partial charge in [0.2, 0.25) is 10.0 Å². The van der Waals surface area contributed by atoms with Gasteiger partial charge in [-0.1, -0.05) is 19.4 Å². The highest BCUT2D eigenvalue weighted by atomic mass is 32.2. The summed E-state index contributed by atoms with van der Waals surface area (Å²) in [7, 11) is -3.44. The lowest BCUT2D eigenvalue weighted by molar-refractivity contribution is 0.306. The summed E-state index contributed by atoms with van der Waals surface area (Å²) in [5, 5.41) is 0. The maximum absolute atomic E-state index is 12.5. The molecule has 1 aromatic carbocycles. The predicted octanol–water partition coefficient (Wildman–Crippen LogP) is 2.70. The molecule has 1 aliphatic rings. The van der Waals surface area contributed by atoms with Crippen LogP contribution in [0.15, 0.2) is 23.1 Å². The van der Waals surface area contributed by atoms with Crippen LogP contribution in [-0.4, -0.2) is 14.5 Å². The molecule has 21 heavy (non-hydrogen) atoms. The van der Waals surface area contributed by atoms with E-state index in [4.69, 9.17) is 5.73 Å². The smallest absolute Gasteiger partial charge is 0.240 e. The van der Waals surface area contributed by atoms with Gasteiger partial charge in [0.25, 0.3) is 0 Å². The molecule has 4 nitrogen and oxygen atoms in total. The van der Waals surface area contributed by atoms with Gasteiger partial charge in [-0.3, -0.25) is 0 Å². The summed E-state index contributed by atoms with van der Waals surface area (Å²) in [6.45, 7) is 4.50. The molecule has 0 aromatic heterocycles. The van der Waals surface area contributed by atoms with Gasteiger partial charge in [-0.25, -0.2) is 13.1 Å². The summed E-state index contributed by atoms with van der Waals surface area (Å²) in [5.41, 5.74) is 7.57. The van der Waals surface area contributed by atoms with Crippen molar-refractivity contribution in [3.8, 4) is 0 Å². The first kappa shape index (κ1) is 16.5. The Balaban J connectivity index is 2.08. The van der Waals surface area contributed by atoms with Crippen molar-refractivity contribution < 1.29 is 8.42 Å². The van der Waals surface area contributed by atoms with Gasteiger partial charge in [-0.2, -0.15) is 0 Å². The van der Waals surface area contributed by atoms with Crippen molar-refractivity contribution in [3.63, 3.8) is 0 Å². The highest BCUT2D eigenvalue weighted by molar-refractivity contribution is 7.89. The normalized spacial score (nSPS) is 23.2. The predicted molar refractivity (Wildman–Crippen MR) is 85.4 cm³/mol. The maximum atomic E-state index is 12.5. The zero-order valence-corrected chi connectivity index (χ0v) is 13.7. The molecular weight excluding hydrogens is 284 g/mol. The molecule has 118 valence electrons. The van der Waals surface area contributed by atoms with E-state index in [0.717, 1.165) is 42.7 Å². The zero-order valence-electron chi connectivity index (χ0n) is 12.9. The SMILES string of the molecule is CCC1CCC(NS(=O)(=O)c2ccc(C)c(CN)c2)CC1. The van der Waals surface area contributed by atoms with E-state index >= 15 is 0 Å². The fourth-order valence-corrected chi connectivity index (χ4v) is 4.37. The van der Waals surface area contributed by atoms with Crippen LogP contribution >= 0.6 is 0 Å². The molecule has 0 aliphatic heterocycles. The van der Waals surface area contributed by atoms with Gasteiger partial charge in [0, 0.05) is 12.6 Å². The Morgan fingerprint density at radius 3 is 2.48 bits per heavy atom. The minimum absolute atomic E-state index is 0.0698. The standard InChI is InChI=1S/C16H26N2O2S/c1-3-13-5-7-15(8-6-13)18-21(19,20)16-9-4-12(2)14(10-16)11-17/h4,9-10,13,15,18H,3,5-8,11,17H2,1-2H3. The van der Waals surface area contributed by atoms with E-state index in [1.165, 1.54) is 6.42 Å². The number of rotatable bonds is 5. The van der Waals surface area contributed by atoms with Crippen molar-refractivity contribution in [1.82, 2.24) is 4.72 Å². The van der Waals surface area contributed by atoms with Crippen LogP contribution in [0, 0.1) is 12.8 Å². The monoisotopic (exact) mass is 310 g/mol. The maximum Gasteiger partial charge on any atom is 0.240 e. The summed E-state index contributed by atoms with van der Waals surface area (Å²) < 4.78 is 27.8. The van der Waals surface area contributed by atoms with Crippen molar-refractivity contribution in [2.75, 3.05) is 0 Å². The van der Waals surface area contributed by atoms with Gasteiger partial charge in [0.1, 0.15) is 0 Å². The highest BCUT2D eigenvalue weighted by Crippen LogP contribution is 2.27. The molecule has 0 saturated heterocycles. The number of benzene rings is 1. The van der Waals surface area contributed by atoms with Crippen LogP contribution in [0.4, 0.5) is 0 Å². The molecule has 1 fully saturated rings. The van der Waals surface area contributed by atoms with E-state index in [0.29, 0.717) is 11.4 Å². The summed E-state index contributed by atoms with van der Waals surface area (Å²) in [6, 6.07) is 5.25. The second kappa shape index (κ2) is 6.90. The molecule has 0 spiro atoms. The Kier molecular flexibility index (Phi) is 5.41. The molecule has 1 aromatic rings. The van der Waals surface area contributed by atoms with E-state index in [1.807, 2.05) is 13.0 Å². The minimum atomic E-state index is -3.44. The molecule has 0 atom stereocenters. The van der Waals surface area contributed by atoms with Crippen LogP contribution in [-0.2, 0) is 16.6 Å². The van der Waals surface area contributed by atoms with E-state index in [2.05, 4.69) is 11.6 Å². The zero-order chi connectivity index (χ0) is 15.5. The number of sulfonamides is 1. The molecule has 5 heteroatoms. The topological polar surface area (TPSA) is 72.2 Å². The number of nitrogens with one attached hydrogen (secondary N) is 1. The van der Waals surface area contributed by atoms with Crippen LogP contribution in [0.5, 0.6) is 0 Å².